The van der Waals surface area contributed by atoms with Gasteiger partial charge in [-0.3, -0.25) is 9.59 Å². The van der Waals surface area contributed by atoms with Crippen LogP contribution in [-0.4, -0.2) is 11.6 Å². The molecule has 0 fully saturated rings. The normalized spacial score (nSPS) is 21.7. The van der Waals surface area contributed by atoms with Crippen LogP contribution in [0.1, 0.15) is 12.8 Å². The summed E-state index contributed by atoms with van der Waals surface area (Å²) in [4.78, 5) is 22.2. The lowest BCUT2D eigenvalue weighted by Crippen LogP contribution is -2.19. The second kappa shape index (κ2) is 2.55. The van der Waals surface area contributed by atoms with Gasteiger partial charge in [0.1, 0.15) is 0 Å². The van der Waals surface area contributed by atoms with Crippen LogP contribution in [0.2, 0.25) is 0 Å². The van der Waals surface area contributed by atoms with Gasteiger partial charge in [0.15, 0.2) is 0 Å². The van der Waals surface area contributed by atoms with Gasteiger partial charge in [-0.2, -0.15) is 0 Å². The molecule has 2 aliphatic carbocycles. The van der Waals surface area contributed by atoms with Gasteiger partial charge in [-0.25, -0.2) is 0 Å². The van der Waals surface area contributed by atoms with Crippen LogP contribution in [0, 0.1) is 0 Å². The highest BCUT2D eigenvalue weighted by Crippen LogP contribution is 2.23. The van der Waals surface area contributed by atoms with E-state index in [4.69, 9.17) is 0 Å². The molecule has 0 saturated carbocycles. The fraction of sp³-hybridized carbons (Fsp3) is 0.200. The van der Waals surface area contributed by atoms with Crippen LogP contribution in [0.15, 0.2) is 35.5 Å². The molecule has 0 heterocycles. The minimum atomic E-state index is -0.385. The summed E-state index contributed by atoms with van der Waals surface area (Å²) in [5.74, 6) is -0.707. The molecule has 0 aromatic rings. The van der Waals surface area contributed by atoms with E-state index in [-0.39, 0.29) is 11.6 Å². The van der Waals surface area contributed by atoms with Gasteiger partial charge in [0, 0.05) is 5.57 Å². The van der Waals surface area contributed by atoms with Gasteiger partial charge in [0.05, 0.1) is 0 Å². The van der Waals surface area contributed by atoms with Crippen molar-refractivity contribution >= 4 is 11.6 Å². The lowest BCUT2D eigenvalue weighted by molar-refractivity contribution is -0.131. The van der Waals surface area contributed by atoms with E-state index in [1.807, 2.05) is 12.2 Å². The average molecular weight is 160 g/mol. The molecule has 0 N–H and O–H groups in total. The van der Waals surface area contributed by atoms with Gasteiger partial charge in [0.25, 0.3) is 0 Å². The van der Waals surface area contributed by atoms with E-state index in [1.165, 1.54) is 6.08 Å². The number of hydrogen-bond acceptors (Lipinski definition) is 2. The first-order valence-corrected chi connectivity index (χ1v) is 3.95. The molecule has 0 bridgehead atoms. The van der Waals surface area contributed by atoms with Gasteiger partial charge in [0.2, 0.25) is 11.6 Å². The third kappa shape index (κ3) is 0.961. The maximum Gasteiger partial charge on any atom is 0.229 e. The van der Waals surface area contributed by atoms with Crippen LogP contribution in [0.4, 0.5) is 0 Å². The van der Waals surface area contributed by atoms with E-state index in [0.717, 1.165) is 12.0 Å². The first-order valence-electron chi connectivity index (χ1n) is 3.95. The molecule has 2 rings (SSSR count). The van der Waals surface area contributed by atoms with Crippen LogP contribution in [0.5, 0.6) is 0 Å². The number of rotatable bonds is 0. The topological polar surface area (TPSA) is 34.1 Å². The van der Waals surface area contributed by atoms with Gasteiger partial charge >= 0.3 is 0 Å². The largest absolute Gasteiger partial charge is 0.286 e. The van der Waals surface area contributed by atoms with Crippen LogP contribution in [0.3, 0.4) is 0 Å². The summed E-state index contributed by atoms with van der Waals surface area (Å²) < 4.78 is 0. The quantitative estimate of drug-likeness (QED) is 0.396. The highest BCUT2D eigenvalue weighted by Gasteiger charge is 2.23. The van der Waals surface area contributed by atoms with E-state index >= 15 is 0 Å². The van der Waals surface area contributed by atoms with E-state index in [0.29, 0.717) is 12.0 Å². The number of Topliss-reactive ketones (excluding diaryl/α,β-unsaturated/α-hetero) is 1. The summed E-state index contributed by atoms with van der Waals surface area (Å²) in [7, 11) is 0. The molecule has 60 valence electrons. The lowest BCUT2D eigenvalue weighted by atomic mass is 9.89. The third-order valence-electron chi connectivity index (χ3n) is 2.12. The molecule has 2 nitrogen and oxygen atoms in total. The minimum absolute atomic E-state index is 0.322. The number of carbonyl (C=O) groups excluding carboxylic acids is 2. The molecule has 2 aliphatic rings. The minimum Gasteiger partial charge on any atom is -0.286 e. The van der Waals surface area contributed by atoms with Gasteiger partial charge in [-0.1, -0.05) is 18.2 Å². The number of hydrogen-bond donors (Lipinski definition) is 0. The molecule has 0 saturated heterocycles. The Morgan fingerprint density at radius 1 is 1.08 bits per heavy atom. The maximum absolute atomic E-state index is 11.3. The van der Waals surface area contributed by atoms with E-state index < -0.39 is 0 Å². The van der Waals surface area contributed by atoms with Gasteiger partial charge in [-0.15, -0.1) is 0 Å². The zero-order valence-electron chi connectivity index (χ0n) is 6.54. The predicted octanol–water partition coefficient (Wildman–Crippen LogP) is 1.34. The molecule has 0 aliphatic heterocycles. The Hall–Kier alpha value is -1.44. The molecule has 0 aromatic heterocycles. The van der Waals surface area contributed by atoms with Crippen molar-refractivity contribution < 1.29 is 9.59 Å². The average Bonchev–Trinajstić information content (AvgIpc) is 2.12. The molecule has 0 amide bonds. The summed E-state index contributed by atoms with van der Waals surface area (Å²) in [6.07, 6.45) is 8.56. The molecule has 0 aromatic carbocycles. The first kappa shape index (κ1) is 7.22. The Labute approximate surface area is 70.3 Å². The Bertz CT molecular complexity index is 343. The standard InChI is InChI=1S/C10H8O2/c11-9-6-5-7-3-1-2-4-8(7)10(9)12/h1,3,5-6H,2,4H2. The number of carbonyl (C=O) groups is 2. The summed E-state index contributed by atoms with van der Waals surface area (Å²) in [5.41, 5.74) is 1.59. The van der Waals surface area contributed by atoms with E-state index in [2.05, 4.69) is 0 Å². The fourth-order valence-corrected chi connectivity index (χ4v) is 1.47. The molecule has 0 radical (unpaired) electrons. The zero-order chi connectivity index (χ0) is 8.55. The summed E-state index contributed by atoms with van der Waals surface area (Å²) in [6, 6.07) is 0. The van der Waals surface area contributed by atoms with Crippen molar-refractivity contribution in [1.82, 2.24) is 0 Å². The molecule has 12 heavy (non-hydrogen) atoms. The predicted molar refractivity (Wildman–Crippen MR) is 44.6 cm³/mol. The van der Waals surface area contributed by atoms with Crippen molar-refractivity contribution in [2.75, 3.05) is 0 Å². The highest BCUT2D eigenvalue weighted by molar-refractivity contribution is 6.48. The Kier molecular flexibility index (Phi) is 1.54. The van der Waals surface area contributed by atoms with Crippen LogP contribution < -0.4 is 0 Å². The molecule has 2 heteroatoms. The summed E-state index contributed by atoms with van der Waals surface area (Å²) in [5, 5.41) is 0. The molecule has 0 unspecified atom stereocenters. The zero-order valence-corrected chi connectivity index (χ0v) is 6.54. The SMILES string of the molecule is O=C1C=CC2=C(CCC=C2)C1=O. The van der Waals surface area contributed by atoms with E-state index in [1.54, 1.807) is 6.08 Å². The smallest absolute Gasteiger partial charge is 0.229 e. The second-order valence-electron chi connectivity index (χ2n) is 2.90. The molecule has 0 atom stereocenters. The molecule has 0 spiro atoms. The van der Waals surface area contributed by atoms with Crippen molar-refractivity contribution in [2.45, 2.75) is 12.8 Å². The molecular formula is C10H8O2. The third-order valence-corrected chi connectivity index (χ3v) is 2.12. The lowest BCUT2D eigenvalue weighted by Gasteiger charge is -2.13. The second-order valence-corrected chi connectivity index (χ2v) is 2.90. The van der Waals surface area contributed by atoms with Crippen molar-refractivity contribution in [3.8, 4) is 0 Å². The molecular weight excluding hydrogens is 152 g/mol. The van der Waals surface area contributed by atoms with Crippen molar-refractivity contribution in [3.05, 3.63) is 35.5 Å². The van der Waals surface area contributed by atoms with Crippen molar-refractivity contribution in [3.63, 3.8) is 0 Å². The first-order chi connectivity index (χ1) is 5.79. The summed E-state index contributed by atoms with van der Waals surface area (Å²) in [6.45, 7) is 0. The van der Waals surface area contributed by atoms with Gasteiger partial charge in [-0.05, 0) is 24.5 Å². The Balaban J connectivity index is 2.48. The van der Waals surface area contributed by atoms with Crippen LogP contribution >= 0.6 is 0 Å². The highest BCUT2D eigenvalue weighted by atomic mass is 16.2. The van der Waals surface area contributed by atoms with Crippen LogP contribution in [-0.2, 0) is 9.59 Å². The maximum atomic E-state index is 11.3. The van der Waals surface area contributed by atoms with Crippen LogP contribution in [0.25, 0.3) is 0 Å². The fourth-order valence-electron chi connectivity index (χ4n) is 1.47. The Morgan fingerprint density at radius 3 is 2.75 bits per heavy atom. The Morgan fingerprint density at radius 2 is 1.92 bits per heavy atom. The summed E-state index contributed by atoms with van der Waals surface area (Å²) >= 11 is 0. The van der Waals surface area contributed by atoms with Gasteiger partial charge < -0.3 is 0 Å². The number of ketones is 2. The van der Waals surface area contributed by atoms with Crippen molar-refractivity contribution in [2.24, 2.45) is 0 Å². The van der Waals surface area contributed by atoms with Crippen molar-refractivity contribution in [1.29, 1.82) is 0 Å². The number of allylic oxidation sites excluding steroid dienone is 6. The van der Waals surface area contributed by atoms with E-state index in [9.17, 15) is 9.59 Å². The monoisotopic (exact) mass is 160 g/mol.